The van der Waals surface area contributed by atoms with Crippen molar-refractivity contribution in [3.05, 3.63) is 23.8 Å². The third-order valence-corrected chi connectivity index (χ3v) is 7.50. The van der Waals surface area contributed by atoms with Crippen LogP contribution in [0.5, 0.6) is 0 Å². The lowest BCUT2D eigenvalue weighted by Gasteiger charge is -2.24. The van der Waals surface area contributed by atoms with Crippen LogP contribution in [-0.2, 0) is 26.0 Å². The molecule has 0 radical (unpaired) electrons. The van der Waals surface area contributed by atoms with E-state index in [0.717, 1.165) is 31.2 Å². The Labute approximate surface area is 185 Å². The summed E-state index contributed by atoms with van der Waals surface area (Å²) in [5.74, 6) is -0.138. The molecule has 1 aliphatic carbocycles. The van der Waals surface area contributed by atoms with Gasteiger partial charge in [-0.1, -0.05) is 39.5 Å². The number of anilines is 1. The molecule has 2 aliphatic rings. The monoisotopic (exact) mass is 449 g/mol. The van der Waals surface area contributed by atoms with Crippen molar-refractivity contribution >= 4 is 27.5 Å². The van der Waals surface area contributed by atoms with E-state index in [0.29, 0.717) is 31.4 Å². The third kappa shape index (κ3) is 6.77. The fraction of sp³-hybridized carbons (Fsp3) is 0.652. The molecule has 3 N–H and O–H groups in total. The zero-order chi connectivity index (χ0) is 22.4. The molecule has 0 aromatic heterocycles. The first-order valence-electron chi connectivity index (χ1n) is 11.5. The summed E-state index contributed by atoms with van der Waals surface area (Å²) < 4.78 is 28.9. The second-order valence-corrected chi connectivity index (χ2v) is 10.9. The van der Waals surface area contributed by atoms with E-state index in [-0.39, 0.29) is 28.7 Å². The Morgan fingerprint density at radius 1 is 1.10 bits per heavy atom. The lowest BCUT2D eigenvalue weighted by atomic mass is 10.0. The van der Waals surface area contributed by atoms with Crippen LogP contribution in [0.15, 0.2) is 23.1 Å². The summed E-state index contributed by atoms with van der Waals surface area (Å²) in [7, 11) is -3.88. The highest BCUT2D eigenvalue weighted by molar-refractivity contribution is 7.89. The molecule has 1 heterocycles. The number of rotatable bonds is 7. The predicted octanol–water partition coefficient (Wildman–Crippen LogP) is 3.49. The number of nitrogens with one attached hydrogen (secondary N) is 3. The summed E-state index contributed by atoms with van der Waals surface area (Å²) in [5.41, 5.74) is 1.46. The van der Waals surface area contributed by atoms with Crippen molar-refractivity contribution in [3.8, 4) is 0 Å². The van der Waals surface area contributed by atoms with Crippen LogP contribution >= 0.6 is 0 Å². The number of aryl methyl sites for hydroxylation is 1. The first kappa shape index (κ1) is 23.7. The number of hydrogen-bond acceptors (Lipinski definition) is 4. The number of fused-ring (bicyclic) bond motifs is 1. The fourth-order valence-electron chi connectivity index (χ4n) is 4.38. The first-order chi connectivity index (χ1) is 14.7. The fourth-order valence-corrected chi connectivity index (χ4v) is 5.64. The number of carbonyl (C=O) groups excluding carboxylic acids is 2. The summed E-state index contributed by atoms with van der Waals surface area (Å²) in [6, 6.07) is 4.04. The number of sulfonamides is 1. The molecule has 1 atom stereocenters. The second-order valence-electron chi connectivity index (χ2n) is 9.22. The van der Waals surface area contributed by atoms with Gasteiger partial charge < -0.3 is 10.6 Å². The zero-order valence-corrected chi connectivity index (χ0v) is 19.4. The lowest BCUT2D eigenvalue weighted by Crippen LogP contribution is -2.50. The summed E-state index contributed by atoms with van der Waals surface area (Å²) in [5, 5.41) is 5.91. The summed E-state index contributed by atoms with van der Waals surface area (Å²) in [6.07, 6.45) is 8.62. The van der Waals surface area contributed by atoms with Gasteiger partial charge in [0, 0.05) is 18.2 Å². The third-order valence-electron chi connectivity index (χ3n) is 6.03. The quantitative estimate of drug-likeness (QED) is 0.554. The predicted molar refractivity (Wildman–Crippen MR) is 121 cm³/mol. The number of benzene rings is 1. The van der Waals surface area contributed by atoms with Gasteiger partial charge in [-0.05, 0) is 61.8 Å². The molecule has 3 rings (SSSR count). The van der Waals surface area contributed by atoms with Crippen LogP contribution < -0.4 is 15.4 Å². The van der Waals surface area contributed by atoms with Gasteiger partial charge in [-0.2, -0.15) is 4.72 Å². The van der Waals surface area contributed by atoms with Crippen molar-refractivity contribution in [2.45, 2.75) is 95.0 Å². The lowest BCUT2D eigenvalue weighted by molar-refractivity contribution is -0.124. The van der Waals surface area contributed by atoms with Crippen LogP contribution in [0, 0.1) is 5.92 Å². The van der Waals surface area contributed by atoms with Crippen LogP contribution in [0.1, 0.15) is 77.2 Å². The molecule has 1 unspecified atom stereocenters. The van der Waals surface area contributed by atoms with E-state index < -0.39 is 16.1 Å². The molecule has 2 amide bonds. The van der Waals surface area contributed by atoms with Crippen molar-refractivity contribution in [1.29, 1.82) is 0 Å². The van der Waals surface area contributed by atoms with Gasteiger partial charge in [0.1, 0.15) is 6.04 Å². The molecule has 1 aromatic carbocycles. The van der Waals surface area contributed by atoms with Crippen LogP contribution in [0.25, 0.3) is 0 Å². The van der Waals surface area contributed by atoms with E-state index in [1.165, 1.54) is 18.9 Å². The molecule has 1 saturated carbocycles. The van der Waals surface area contributed by atoms with Crippen molar-refractivity contribution in [3.63, 3.8) is 0 Å². The maximum Gasteiger partial charge on any atom is 0.241 e. The largest absolute Gasteiger partial charge is 0.352 e. The van der Waals surface area contributed by atoms with Crippen LogP contribution in [-0.4, -0.2) is 32.3 Å². The van der Waals surface area contributed by atoms with Gasteiger partial charge in [-0.3, -0.25) is 9.59 Å². The molecule has 7 nitrogen and oxygen atoms in total. The van der Waals surface area contributed by atoms with E-state index >= 15 is 0 Å². The number of carbonyl (C=O) groups is 2. The molecule has 0 bridgehead atoms. The Morgan fingerprint density at radius 2 is 1.81 bits per heavy atom. The van der Waals surface area contributed by atoms with Gasteiger partial charge in [-0.25, -0.2) is 8.42 Å². The molecule has 0 saturated heterocycles. The Bertz CT molecular complexity index is 890. The first-order valence-corrected chi connectivity index (χ1v) is 13.0. The summed E-state index contributed by atoms with van der Waals surface area (Å²) >= 11 is 0. The van der Waals surface area contributed by atoms with Gasteiger partial charge in [0.25, 0.3) is 0 Å². The average Bonchev–Trinajstić information content (AvgIpc) is 3.06. The highest BCUT2D eigenvalue weighted by Crippen LogP contribution is 2.25. The van der Waals surface area contributed by atoms with E-state index in [4.69, 9.17) is 0 Å². The van der Waals surface area contributed by atoms with E-state index in [1.807, 2.05) is 13.8 Å². The number of amides is 2. The molecule has 0 spiro atoms. The maximum atomic E-state index is 13.1. The number of hydrogen-bond donors (Lipinski definition) is 3. The SMILES string of the molecule is CC(C)CC(NS(=O)(=O)c1ccc2c(c1)CCCC(=O)N2)C(=O)NC1CCCCCC1. The van der Waals surface area contributed by atoms with Crippen LogP contribution in [0.2, 0.25) is 0 Å². The van der Waals surface area contributed by atoms with E-state index in [9.17, 15) is 18.0 Å². The van der Waals surface area contributed by atoms with Crippen molar-refractivity contribution < 1.29 is 18.0 Å². The van der Waals surface area contributed by atoms with Gasteiger partial charge in [0.15, 0.2) is 0 Å². The molecular formula is C23H35N3O4S. The molecule has 172 valence electrons. The minimum atomic E-state index is -3.88. The second kappa shape index (κ2) is 10.6. The molecule has 8 heteroatoms. The van der Waals surface area contributed by atoms with Crippen molar-refractivity contribution in [1.82, 2.24) is 10.0 Å². The van der Waals surface area contributed by atoms with Gasteiger partial charge in [-0.15, -0.1) is 0 Å². The molecular weight excluding hydrogens is 414 g/mol. The van der Waals surface area contributed by atoms with Gasteiger partial charge >= 0.3 is 0 Å². The Morgan fingerprint density at radius 3 is 2.48 bits per heavy atom. The highest BCUT2D eigenvalue weighted by Gasteiger charge is 2.29. The Hall–Kier alpha value is -1.93. The van der Waals surface area contributed by atoms with Crippen molar-refractivity contribution in [2.75, 3.05) is 5.32 Å². The smallest absolute Gasteiger partial charge is 0.241 e. The Kier molecular flexibility index (Phi) is 8.11. The topological polar surface area (TPSA) is 104 Å². The van der Waals surface area contributed by atoms with Gasteiger partial charge in [0.2, 0.25) is 21.8 Å². The molecule has 1 fully saturated rings. The van der Waals surface area contributed by atoms with Gasteiger partial charge in [0.05, 0.1) is 4.90 Å². The Balaban J connectivity index is 1.75. The highest BCUT2D eigenvalue weighted by atomic mass is 32.2. The summed E-state index contributed by atoms with van der Waals surface area (Å²) in [4.78, 5) is 24.9. The van der Waals surface area contributed by atoms with Crippen LogP contribution in [0.3, 0.4) is 0 Å². The van der Waals surface area contributed by atoms with Crippen molar-refractivity contribution in [2.24, 2.45) is 5.92 Å². The minimum Gasteiger partial charge on any atom is -0.352 e. The standard InChI is InChI=1S/C23H35N3O4S/c1-16(2)14-21(23(28)24-18-9-5-3-4-6-10-18)26-31(29,30)19-12-13-20-17(15-19)8-7-11-22(27)25-20/h12-13,15-16,18,21,26H,3-11,14H2,1-2H3,(H,24,28)(H,25,27). The maximum absolute atomic E-state index is 13.1. The normalized spacial score (nSPS) is 19.1. The minimum absolute atomic E-state index is 0.0559. The summed E-state index contributed by atoms with van der Waals surface area (Å²) in [6.45, 7) is 3.95. The van der Waals surface area contributed by atoms with E-state index in [1.54, 1.807) is 12.1 Å². The zero-order valence-electron chi connectivity index (χ0n) is 18.6. The van der Waals surface area contributed by atoms with Crippen LogP contribution in [0.4, 0.5) is 5.69 Å². The molecule has 1 aliphatic heterocycles. The average molecular weight is 450 g/mol. The molecule has 1 aromatic rings. The molecule has 31 heavy (non-hydrogen) atoms. The van der Waals surface area contributed by atoms with E-state index in [2.05, 4.69) is 15.4 Å².